The molecule has 112 valence electrons. The third-order valence-electron chi connectivity index (χ3n) is 3.79. The number of hydrogen-bond acceptors (Lipinski definition) is 2. The summed E-state index contributed by atoms with van der Waals surface area (Å²) in [7, 11) is 1.94. The quantitative estimate of drug-likeness (QED) is 0.804. The first-order valence-corrected chi connectivity index (χ1v) is 7.38. The number of carbonyl (C=O) groups is 1. The average molecular weight is 293 g/mol. The number of aryl methyl sites for hydroxylation is 2. The smallest absolute Gasteiger partial charge is 0.252 e. The van der Waals surface area contributed by atoms with Crippen LogP contribution in [0.2, 0.25) is 0 Å². The first-order chi connectivity index (χ1) is 10.6. The van der Waals surface area contributed by atoms with Gasteiger partial charge in [0.25, 0.3) is 5.91 Å². The van der Waals surface area contributed by atoms with E-state index in [0.29, 0.717) is 12.1 Å². The highest BCUT2D eigenvalue weighted by molar-refractivity contribution is 5.96. The molecule has 2 heterocycles. The van der Waals surface area contributed by atoms with E-state index in [1.807, 2.05) is 29.9 Å². The largest absolute Gasteiger partial charge is 0.352 e. The van der Waals surface area contributed by atoms with Crippen LogP contribution < -0.4 is 5.32 Å². The van der Waals surface area contributed by atoms with Gasteiger partial charge >= 0.3 is 0 Å². The van der Waals surface area contributed by atoms with Crippen LogP contribution in [0.4, 0.5) is 0 Å². The minimum absolute atomic E-state index is 0.0784. The summed E-state index contributed by atoms with van der Waals surface area (Å²) in [6.45, 7) is 2.69. The zero-order valence-corrected chi connectivity index (χ0v) is 12.8. The molecule has 0 unspecified atom stereocenters. The fourth-order valence-electron chi connectivity index (χ4n) is 2.46. The topological polar surface area (TPSA) is 46.9 Å². The molecule has 3 rings (SSSR count). The molecule has 0 bridgehead atoms. The summed E-state index contributed by atoms with van der Waals surface area (Å²) in [5, 5.41) is 3.93. The molecule has 0 fully saturated rings. The van der Waals surface area contributed by atoms with E-state index in [2.05, 4.69) is 41.5 Å². The zero-order chi connectivity index (χ0) is 15.5. The lowest BCUT2D eigenvalue weighted by Crippen LogP contribution is -2.25. The highest BCUT2D eigenvalue weighted by Crippen LogP contribution is 2.13. The van der Waals surface area contributed by atoms with Crippen molar-refractivity contribution in [1.29, 1.82) is 0 Å². The SMILES string of the molecule is Cc1ccc(CCNC(=O)c2cnc3c(ccn3C)c2)cc1. The summed E-state index contributed by atoms with van der Waals surface area (Å²) >= 11 is 0. The van der Waals surface area contributed by atoms with E-state index in [9.17, 15) is 4.79 Å². The monoisotopic (exact) mass is 293 g/mol. The lowest BCUT2D eigenvalue weighted by molar-refractivity contribution is 0.0954. The van der Waals surface area contributed by atoms with Gasteiger partial charge in [-0.15, -0.1) is 0 Å². The van der Waals surface area contributed by atoms with Crippen LogP contribution >= 0.6 is 0 Å². The fourth-order valence-corrected chi connectivity index (χ4v) is 2.46. The van der Waals surface area contributed by atoms with Crippen molar-refractivity contribution < 1.29 is 4.79 Å². The van der Waals surface area contributed by atoms with E-state index in [1.165, 1.54) is 11.1 Å². The molecule has 22 heavy (non-hydrogen) atoms. The Hall–Kier alpha value is -2.62. The number of hydrogen-bond donors (Lipinski definition) is 1. The Labute approximate surface area is 129 Å². The molecule has 4 heteroatoms. The van der Waals surface area contributed by atoms with E-state index >= 15 is 0 Å². The first-order valence-electron chi connectivity index (χ1n) is 7.38. The molecular formula is C18H19N3O. The van der Waals surface area contributed by atoms with E-state index < -0.39 is 0 Å². The van der Waals surface area contributed by atoms with E-state index in [1.54, 1.807) is 6.20 Å². The molecule has 2 aromatic heterocycles. The second-order valence-corrected chi connectivity index (χ2v) is 5.55. The maximum absolute atomic E-state index is 12.2. The molecule has 0 aliphatic rings. The van der Waals surface area contributed by atoms with Crippen LogP contribution in [0.25, 0.3) is 11.0 Å². The Morgan fingerprint density at radius 3 is 2.77 bits per heavy atom. The molecular weight excluding hydrogens is 274 g/mol. The summed E-state index contributed by atoms with van der Waals surface area (Å²) in [5.41, 5.74) is 3.95. The number of amides is 1. The molecule has 0 radical (unpaired) electrons. The van der Waals surface area contributed by atoms with Gasteiger partial charge in [-0.2, -0.15) is 0 Å². The molecule has 1 amide bonds. The van der Waals surface area contributed by atoms with Crippen molar-refractivity contribution in [3.05, 3.63) is 65.5 Å². The molecule has 3 aromatic rings. The lowest BCUT2D eigenvalue weighted by atomic mass is 10.1. The number of rotatable bonds is 4. The van der Waals surface area contributed by atoms with Crippen LogP contribution in [0.1, 0.15) is 21.5 Å². The molecule has 4 nitrogen and oxygen atoms in total. The summed E-state index contributed by atoms with van der Waals surface area (Å²) in [6, 6.07) is 12.2. The van der Waals surface area contributed by atoms with E-state index in [-0.39, 0.29) is 5.91 Å². The number of pyridine rings is 1. The zero-order valence-electron chi connectivity index (χ0n) is 12.8. The number of fused-ring (bicyclic) bond motifs is 1. The normalized spacial score (nSPS) is 10.8. The third-order valence-corrected chi connectivity index (χ3v) is 3.79. The number of nitrogens with one attached hydrogen (secondary N) is 1. The number of carbonyl (C=O) groups excluding carboxylic acids is 1. The van der Waals surface area contributed by atoms with E-state index in [0.717, 1.165) is 17.5 Å². The maximum atomic E-state index is 12.2. The van der Waals surface area contributed by atoms with Crippen LogP contribution in [-0.4, -0.2) is 22.0 Å². The summed E-state index contributed by atoms with van der Waals surface area (Å²) < 4.78 is 1.94. The summed E-state index contributed by atoms with van der Waals surface area (Å²) in [4.78, 5) is 16.5. The molecule has 0 atom stereocenters. The van der Waals surface area contributed by atoms with Gasteiger partial charge in [-0.3, -0.25) is 4.79 Å². The minimum Gasteiger partial charge on any atom is -0.352 e. The number of nitrogens with zero attached hydrogens (tertiary/aromatic N) is 2. The van der Waals surface area contributed by atoms with Crippen molar-refractivity contribution >= 4 is 16.9 Å². The molecule has 1 N–H and O–H groups in total. The van der Waals surface area contributed by atoms with Gasteiger partial charge in [0.2, 0.25) is 0 Å². The highest BCUT2D eigenvalue weighted by atomic mass is 16.1. The second kappa shape index (κ2) is 6.02. The van der Waals surface area contributed by atoms with Gasteiger partial charge in [0, 0.05) is 31.4 Å². The second-order valence-electron chi connectivity index (χ2n) is 5.55. The van der Waals surface area contributed by atoms with Crippen molar-refractivity contribution in [3.8, 4) is 0 Å². The summed E-state index contributed by atoms with van der Waals surface area (Å²) in [5.74, 6) is -0.0784. The predicted octanol–water partition coefficient (Wildman–Crippen LogP) is 2.85. The van der Waals surface area contributed by atoms with Crippen LogP contribution in [-0.2, 0) is 13.5 Å². The van der Waals surface area contributed by atoms with Crippen LogP contribution in [0.5, 0.6) is 0 Å². The lowest BCUT2D eigenvalue weighted by Gasteiger charge is -2.06. The average Bonchev–Trinajstić information content (AvgIpc) is 2.90. The first kappa shape index (κ1) is 14.3. The van der Waals surface area contributed by atoms with Gasteiger partial charge in [-0.1, -0.05) is 29.8 Å². The molecule has 0 saturated heterocycles. The van der Waals surface area contributed by atoms with Crippen molar-refractivity contribution in [2.75, 3.05) is 6.54 Å². The van der Waals surface area contributed by atoms with Gasteiger partial charge in [0.05, 0.1) is 5.56 Å². The van der Waals surface area contributed by atoms with Crippen molar-refractivity contribution in [2.45, 2.75) is 13.3 Å². The van der Waals surface area contributed by atoms with Crippen molar-refractivity contribution in [2.24, 2.45) is 7.05 Å². The third kappa shape index (κ3) is 3.01. The van der Waals surface area contributed by atoms with Crippen LogP contribution in [0.15, 0.2) is 48.8 Å². The van der Waals surface area contributed by atoms with Crippen LogP contribution in [0, 0.1) is 6.92 Å². The maximum Gasteiger partial charge on any atom is 0.252 e. The minimum atomic E-state index is -0.0784. The fraction of sp³-hybridized carbons (Fsp3) is 0.222. The van der Waals surface area contributed by atoms with Gasteiger partial charge in [0.15, 0.2) is 0 Å². The van der Waals surface area contributed by atoms with Gasteiger partial charge in [0.1, 0.15) is 5.65 Å². The number of aromatic nitrogens is 2. The Balaban J connectivity index is 1.62. The highest BCUT2D eigenvalue weighted by Gasteiger charge is 2.08. The van der Waals surface area contributed by atoms with Gasteiger partial charge < -0.3 is 9.88 Å². The Kier molecular flexibility index (Phi) is 3.92. The van der Waals surface area contributed by atoms with Gasteiger partial charge in [-0.25, -0.2) is 4.98 Å². The van der Waals surface area contributed by atoms with Crippen LogP contribution in [0.3, 0.4) is 0 Å². The van der Waals surface area contributed by atoms with Gasteiger partial charge in [-0.05, 0) is 31.0 Å². The van der Waals surface area contributed by atoms with E-state index in [4.69, 9.17) is 0 Å². The Bertz CT molecular complexity index is 803. The molecule has 1 aromatic carbocycles. The summed E-state index contributed by atoms with van der Waals surface area (Å²) in [6.07, 6.45) is 4.40. The van der Waals surface area contributed by atoms with Crippen molar-refractivity contribution in [1.82, 2.24) is 14.9 Å². The Morgan fingerprint density at radius 1 is 1.23 bits per heavy atom. The standard InChI is InChI=1S/C18H19N3O/c1-13-3-5-14(6-4-13)7-9-19-18(22)16-11-15-8-10-21(2)17(15)20-12-16/h3-6,8,10-12H,7,9H2,1-2H3,(H,19,22). The van der Waals surface area contributed by atoms with Crippen molar-refractivity contribution in [3.63, 3.8) is 0 Å². The molecule has 0 spiro atoms. The molecule has 0 saturated carbocycles. The Morgan fingerprint density at radius 2 is 2.00 bits per heavy atom. The molecule has 0 aliphatic carbocycles. The molecule has 0 aliphatic heterocycles. The predicted molar refractivity (Wildman–Crippen MR) is 87.9 cm³/mol. The number of benzene rings is 1.